The molecule has 1 saturated carbocycles. The van der Waals surface area contributed by atoms with Crippen molar-refractivity contribution in [3.05, 3.63) is 0 Å². The van der Waals surface area contributed by atoms with Crippen LogP contribution in [0.1, 0.15) is 33.1 Å². The van der Waals surface area contributed by atoms with E-state index in [1.807, 2.05) is 0 Å². The lowest BCUT2D eigenvalue weighted by Gasteiger charge is -2.31. The van der Waals surface area contributed by atoms with Crippen LogP contribution in [0.25, 0.3) is 0 Å². The Morgan fingerprint density at radius 2 is 2.06 bits per heavy atom. The summed E-state index contributed by atoms with van der Waals surface area (Å²) in [5, 5.41) is 9.72. The second kappa shape index (κ2) is 5.84. The molecule has 3 atom stereocenters. The first-order valence-electron chi connectivity index (χ1n) is 5.56. The van der Waals surface area contributed by atoms with Gasteiger partial charge in [0.15, 0.2) is 0 Å². The molecular weight excluding hydrogens is 212 g/mol. The van der Waals surface area contributed by atoms with Gasteiger partial charge in [-0.1, -0.05) is 0 Å². The Kier molecular flexibility index (Phi) is 4.73. The van der Waals surface area contributed by atoms with Crippen LogP contribution in [0.15, 0.2) is 0 Å². The predicted molar refractivity (Wildman–Crippen MR) is 55.5 cm³/mol. The number of rotatable bonds is 3. The Balaban J connectivity index is 2.44. The molecule has 0 spiro atoms. The summed E-state index contributed by atoms with van der Waals surface area (Å²) in [6.45, 7) is 3.40. The van der Waals surface area contributed by atoms with Crippen molar-refractivity contribution < 1.29 is 24.2 Å². The molecule has 0 radical (unpaired) electrons. The number of hydrogen-bond acceptors (Lipinski definition) is 5. The topological polar surface area (TPSA) is 72.8 Å². The molecule has 0 aromatic carbocycles. The molecule has 0 aromatic rings. The Bertz CT molecular complexity index is 263. The minimum atomic E-state index is -0.771. The zero-order valence-electron chi connectivity index (χ0n) is 9.64. The molecule has 0 saturated heterocycles. The number of esters is 2. The van der Waals surface area contributed by atoms with Crippen molar-refractivity contribution in [2.24, 2.45) is 5.92 Å². The van der Waals surface area contributed by atoms with Gasteiger partial charge in [0.25, 0.3) is 0 Å². The third kappa shape index (κ3) is 3.48. The van der Waals surface area contributed by atoms with Crippen molar-refractivity contribution in [3.8, 4) is 0 Å². The fraction of sp³-hybridized carbons (Fsp3) is 0.818. The van der Waals surface area contributed by atoms with Gasteiger partial charge in [-0.2, -0.15) is 0 Å². The standard InChI is InChI=1S/C11H18O5/c1-3-15-11(14)8-4-5-10(9(13)6-8)16-7(2)12/h8-10,13H,3-6H2,1-2H3. The molecule has 1 rings (SSSR count). The predicted octanol–water partition coefficient (Wildman–Crippen LogP) is 0.642. The Hall–Kier alpha value is -1.10. The quantitative estimate of drug-likeness (QED) is 0.720. The maximum Gasteiger partial charge on any atom is 0.309 e. The number of carbonyl (C=O) groups excluding carboxylic acids is 2. The highest BCUT2D eigenvalue weighted by molar-refractivity contribution is 5.72. The molecule has 0 aliphatic heterocycles. The zero-order chi connectivity index (χ0) is 12.1. The van der Waals surface area contributed by atoms with Gasteiger partial charge in [0.1, 0.15) is 6.10 Å². The first kappa shape index (κ1) is 13.0. The van der Waals surface area contributed by atoms with Gasteiger partial charge in [-0.15, -0.1) is 0 Å². The Morgan fingerprint density at radius 1 is 1.38 bits per heavy atom. The van der Waals surface area contributed by atoms with Crippen LogP contribution in [0.5, 0.6) is 0 Å². The van der Waals surface area contributed by atoms with Crippen molar-refractivity contribution in [2.75, 3.05) is 6.61 Å². The van der Waals surface area contributed by atoms with Gasteiger partial charge < -0.3 is 14.6 Å². The second-order valence-corrected chi connectivity index (χ2v) is 3.98. The highest BCUT2D eigenvalue weighted by Crippen LogP contribution is 2.27. The van der Waals surface area contributed by atoms with Crippen LogP contribution in [0.3, 0.4) is 0 Å². The van der Waals surface area contributed by atoms with Crippen molar-refractivity contribution in [2.45, 2.75) is 45.3 Å². The second-order valence-electron chi connectivity index (χ2n) is 3.98. The summed E-state index contributed by atoms with van der Waals surface area (Å²) in [5.74, 6) is -0.955. The van der Waals surface area contributed by atoms with Crippen LogP contribution >= 0.6 is 0 Å². The van der Waals surface area contributed by atoms with E-state index >= 15 is 0 Å². The summed E-state index contributed by atoms with van der Waals surface area (Å²) < 4.78 is 9.84. The van der Waals surface area contributed by atoms with E-state index in [1.54, 1.807) is 6.92 Å². The number of aliphatic hydroxyl groups excluding tert-OH is 1. The van der Waals surface area contributed by atoms with E-state index in [-0.39, 0.29) is 11.9 Å². The highest BCUT2D eigenvalue weighted by atomic mass is 16.6. The largest absolute Gasteiger partial charge is 0.466 e. The third-order valence-corrected chi connectivity index (χ3v) is 2.69. The van der Waals surface area contributed by atoms with Gasteiger partial charge in [0.05, 0.1) is 18.6 Å². The molecular formula is C11H18O5. The van der Waals surface area contributed by atoms with Crippen LogP contribution in [0.2, 0.25) is 0 Å². The Morgan fingerprint density at radius 3 is 2.56 bits per heavy atom. The molecule has 0 heterocycles. The summed E-state index contributed by atoms with van der Waals surface area (Å²) in [6.07, 6.45) is 0.143. The number of hydrogen-bond donors (Lipinski definition) is 1. The summed E-state index contributed by atoms with van der Waals surface area (Å²) in [7, 11) is 0. The molecule has 1 fully saturated rings. The van der Waals surface area contributed by atoms with E-state index in [1.165, 1.54) is 6.92 Å². The zero-order valence-corrected chi connectivity index (χ0v) is 9.64. The van der Waals surface area contributed by atoms with Crippen LogP contribution in [-0.2, 0) is 19.1 Å². The summed E-state index contributed by atoms with van der Waals surface area (Å²) in [5.41, 5.74) is 0. The molecule has 1 aliphatic rings. The van der Waals surface area contributed by atoms with Crippen LogP contribution < -0.4 is 0 Å². The van der Waals surface area contributed by atoms with E-state index in [4.69, 9.17) is 9.47 Å². The summed E-state index contributed by atoms with van der Waals surface area (Å²) in [4.78, 5) is 22.2. The average Bonchev–Trinajstić information content (AvgIpc) is 2.20. The van der Waals surface area contributed by atoms with Gasteiger partial charge in [-0.05, 0) is 26.2 Å². The smallest absolute Gasteiger partial charge is 0.309 e. The highest BCUT2D eigenvalue weighted by Gasteiger charge is 2.35. The minimum Gasteiger partial charge on any atom is -0.466 e. The summed E-state index contributed by atoms with van der Waals surface area (Å²) >= 11 is 0. The molecule has 0 bridgehead atoms. The summed E-state index contributed by atoms with van der Waals surface area (Å²) in [6, 6.07) is 0. The third-order valence-electron chi connectivity index (χ3n) is 2.69. The van der Waals surface area contributed by atoms with E-state index in [0.29, 0.717) is 25.9 Å². The lowest BCUT2D eigenvalue weighted by atomic mass is 9.85. The molecule has 5 nitrogen and oxygen atoms in total. The normalized spacial score (nSPS) is 29.6. The fourth-order valence-electron chi connectivity index (χ4n) is 1.94. The number of ether oxygens (including phenoxy) is 2. The maximum atomic E-state index is 11.4. The fourth-order valence-corrected chi connectivity index (χ4v) is 1.94. The van der Waals surface area contributed by atoms with E-state index in [0.717, 1.165) is 0 Å². The van der Waals surface area contributed by atoms with Gasteiger partial charge in [0, 0.05) is 6.92 Å². The number of carbonyl (C=O) groups is 2. The minimum absolute atomic E-state index is 0.275. The Labute approximate surface area is 94.7 Å². The SMILES string of the molecule is CCOC(=O)C1CCC(OC(C)=O)C(O)C1. The lowest BCUT2D eigenvalue weighted by molar-refractivity contribution is -0.161. The van der Waals surface area contributed by atoms with Crippen molar-refractivity contribution in [1.29, 1.82) is 0 Å². The van der Waals surface area contributed by atoms with Crippen molar-refractivity contribution in [3.63, 3.8) is 0 Å². The monoisotopic (exact) mass is 230 g/mol. The molecule has 5 heteroatoms. The molecule has 3 unspecified atom stereocenters. The van der Waals surface area contributed by atoms with E-state index < -0.39 is 18.2 Å². The van der Waals surface area contributed by atoms with Crippen LogP contribution in [-0.4, -0.2) is 35.9 Å². The lowest BCUT2D eigenvalue weighted by Crippen LogP contribution is -2.39. The van der Waals surface area contributed by atoms with E-state index in [9.17, 15) is 14.7 Å². The molecule has 1 N–H and O–H groups in total. The first-order chi connectivity index (χ1) is 7.54. The van der Waals surface area contributed by atoms with Gasteiger partial charge >= 0.3 is 11.9 Å². The number of aliphatic hydroxyl groups is 1. The average molecular weight is 230 g/mol. The van der Waals surface area contributed by atoms with Crippen molar-refractivity contribution in [1.82, 2.24) is 0 Å². The van der Waals surface area contributed by atoms with Crippen LogP contribution in [0, 0.1) is 5.92 Å². The van der Waals surface area contributed by atoms with Gasteiger partial charge in [-0.25, -0.2) is 0 Å². The molecule has 1 aliphatic carbocycles. The first-order valence-corrected chi connectivity index (χ1v) is 5.56. The van der Waals surface area contributed by atoms with Gasteiger partial charge in [0.2, 0.25) is 0 Å². The molecule has 0 aromatic heterocycles. The maximum absolute atomic E-state index is 11.4. The molecule has 16 heavy (non-hydrogen) atoms. The van der Waals surface area contributed by atoms with E-state index in [2.05, 4.69) is 0 Å². The van der Waals surface area contributed by atoms with Gasteiger partial charge in [-0.3, -0.25) is 9.59 Å². The molecule has 92 valence electrons. The molecule has 0 amide bonds. The van der Waals surface area contributed by atoms with Crippen molar-refractivity contribution >= 4 is 11.9 Å². The van der Waals surface area contributed by atoms with Crippen LogP contribution in [0.4, 0.5) is 0 Å².